The van der Waals surface area contributed by atoms with Crippen LogP contribution < -0.4 is 5.32 Å². The molecule has 3 rings (SSSR count). The van der Waals surface area contributed by atoms with Crippen molar-refractivity contribution >= 4 is 29.1 Å². The van der Waals surface area contributed by atoms with Gasteiger partial charge in [0.05, 0.1) is 5.56 Å². The number of nitrogens with zero attached hydrogens (tertiary/aromatic N) is 1. The Balaban J connectivity index is 1.72. The van der Waals surface area contributed by atoms with E-state index in [0.717, 1.165) is 24.3 Å². The molecule has 142 valence electrons. The Morgan fingerprint density at radius 3 is 2.26 bits per heavy atom. The van der Waals surface area contributed by atoms with E-state index >= 15 is 0 Å². The first-order valence-corrected chi connectivity index (χ1v) is 8.68. The summed E-state index contributed by atoms with van der Waals surface area (Å²) in [5.41, 5.74) is -0.148. The number of nitrogens with one attached hydrogen (secondary N) is 1. The van der Waals surface area contributed by atoms with Crippen molar-refractivity contribution in [3.8, 4) is 0 Å². The number of likely N-dealkylation sites (tertiary alicyclic amines) is 1. The third-order valence-electron chi connectivity index (χ3n) is 4.39. The fourth-order valence-corrected chi connectivity index (χ4v) is 3.13. The maximum atomic E-state index is 12.7. The summed E-state index contributed by atoms with van der Waals surface area (Å²) < 4.78 is 38.0. The highest BCUT2D eigenvalue weighted by Gasteiger charge is 2.35. The van der Waals surface area contributed by atoms with E-state index in [1.807, 2.05) is 0 Å². The number of amides is 2. The maximum absolute atomic E-state index is 12.7. The number of alkyl halides is 3. The molecule has 1 atom stereocenters. The number of benzene rings is 2. The van der Waals surface area contributed by atoms with Gasteiger partial charge in [0.2, 0.25) is 5.91 Å². The van der Waals surface area contributed by atoms with Gasteiger partial charge in [-0.2, -0.15) is 13.2 Å². The largest absolute Gasteiger partial charge is 0.416 e. The van der Waals surface area contributed by atoms with Crippen LogP contribution in [0.4, 0.5) is 18.9 Å². The third-order valence-corrected chi connectivity index (χ3v) is 4.64. The molecular formula is C19H16ClF3N2O2. The number of hydrogen-bond donors (Lipinski definition) is 1. The molecule has 1 aliphatic rings. The van der Waals surface area contributed by atoms with Gasteiger partial charge in [-0.05, 0) is 61.4 Å². The number of hydrogen-bond acceptors (Lipinski definition) is 2. The van der Waals surface area contributed by atoms with Gasteiger partial charge in [0, 0.05) is 22.8 Å². The zero-order valence-electron chi connectivity index (χ0n) is 14.1. The molecule has 2 amide bonds. The topological polar surface area (TPSA) is 49.4 Å². The molecule has 2 aromatic carbocycles. The lowest BCUT2D eigenvalue weighted by Gasteiger charge is -2.24. The van der Waals surface area contributed by atoms with Crippen LogP contribution in [0.3, 0.4) is 0 Å². The normalized spacial score (nSPS) is 17.0. The second-order valence-electron chi connectivity index (χ2n) is 6.23. The number of halogens is 4. The van der Waals surface area contributed by atoms with Gasteiger partial charge in [-0.25, -0.2) is 0 Å². The van der Waals surface area contributed by atoms with E-state index in [1.165, 1.54) is 4.90 Å². The highest BCUT2D eigenvalue weighted by atomic mass is 35.5. The molecular weight excluding hydrogens is 381 g/mol. The number of anilines is 1. The van der Waals surface area contributed by atoms with Crippen LogP contribution >= 0.6 is 11.6 Å². The van der Waals surface area contributed by atoms with Crippen LogP contribution in [0.1, 0.15) is 28.8 Å². The minimum atomic E-state index is -4.46. The molecule has 8 heteroatoms. The molecule has 0 unspecified atom stereocenters. The minimum absolute atomic E-state index is 0.120. The van der Waals surface area contributed by atoms with E-state index in [0.29, 0.717) is 30.1 Å². The van der Waals surface area contributed by atoms with Crippen molar-refractivity contribution in [1.82, 2.24) is 4.90 Å². The van der Waals surface area contributed by atoms with Gasteiger partial charge in [0.15, 0.2) is 0 Å². The summed E-state index contributed by atoms with van der Waals surface area (Å²) >= 11 is 5.81. The molecule has 1 saturated heterocycles. The van der Waals surface area contributed by atoms with E-state index in [4.69, 9.17) is 11.6 Å². The van der Waals surface area contributed by atoms with Crippen molar-refractivity contribution in [3.05, 3.63) is 64.7 Å². The third kappa shape index (κ3) is 4.42. The molecule has 1 heterocycles. The second kappa shape index (κ2) is 7.60. The van der Waals surface area contributed by atoms with Crippen molar-refractivity contribution in [2.75, 3.05) is 11.9 Å². The Hall–Kier alpha value is -2.54. The molecule has 0 bridgehead atoms. The molecule has 0 radical (unpaired) electrons. The zero-order valence-corrected chi connectivity index (χ0v) is 14.8. The second-order valence-corrected chi connectivity index (χ2v) is 6.66. The Kier molecular flexibility index (Phi) is 5.41. The first kappa shape index (κ1) is 19.2. The van der Waals surface area contributed by atoms with Crippen LogP contribution in [-0.4, -0.2) is 29.3 Å². The fraction of sp³-hybridized carbons (Fsp3) is 0.263. The Bertz CT molecular complexity index is 836. The van der Waals surface area contributed by atoms with Gasteiger partial charge in [-0.1, -0.05) is 11.6 Å². The predicted octanol–water partition coefficient (Wildman–Crippen LogP) is 4.60. The van der Waals surface area contributed by atoms with Gasteiger partial charge < -0.3 is 10.2 Å². The van der Waals surface area contributed by atoms with E-state index < -0.39 is 23.7 Å². The smallest absolute Gasteiger partial charge is 0.327 e. The molecule has 1 fully saturated rings. The quantitative estimate of drug-likeness (QED) is 0.824. The van der Waals surface area contributed by atoms with Crippen molar-refractivity contribution in [3.63, 3.8) is 0 Å². The van der Waals surface area contributed by atoms with E-state index in [9.17, 15) is 22.8 Å². The summed E-state index contributed by atoms with van der Waals surface area (Å²) in [5, 5.41) is 3.27. The lowest BCUT2D eigenvalue weighted by atomic mass is 10.1. The molecule has 27 heavy (non-hydrogen) atoms. The highest BCUT2D eigenvalue weighted by molar-refractivity contribution is 6.30. The fourth-order valence-electron chi connectivity index (χ4n) is 3.01. The van der Waals surface area contributed by atoms with Crippen molar-refractivity contribution in [2.45, 2.75) is 25.1 Å². The van der Waals surface area contributed by atoms with E-state index in [-0.39, 0.29) is 11.5 Å². The molecule has 0 aromatic heterocycles. The van der Waals surface area contributed by atoms with Crippen LogP contribution in [0.15, 0.2) is 48.5 Å². The summed E-state index contributed by atoms with van der Waals surface area (Å²) in [6.45, 7) is 0.374. The molecule has 0 aliphatic carbocycles. The average molecular weight is 397 g/mol. The van der Waals surface area contributed by atoms with Gasteiger partial charge in [-0.3, -0.25) is 9.59 Å². The van der Waals surface area contributed by atoms with Crippen LogP contribution in [-0.2, 0) is 11.0 Å². The Morgan fingerprint density at radius 1 is 1.04 bits per heavy atom. The summed E-state index contributed by atoms with van der Waals surface area (Å²) in [7, 11) is 0. The highest BCUT2D eigenvalue weighted by Crippen LogP contribution is 2.30. The molecule has 0 spiro atoms. The van der Waals surface area contributed by atoms with Crippen LogP contribution in [0.2, 0.25) is 5.02 Å². The maximum Gasteiger partial charge on any atom is 0.416 e. The van der Waals surface area contributed by atoms with Gasteiger partial charge in [0.25, 0.3) is 5.91 Å². The summed E-state index contributed by atoms with van der Waals surface area (Å²) in [6, 6.07) is 9.91. The van der Waals surface area contributed by atoms with Crippen molar-refractivity contribution in [2.24, 2.45) is 0 Å². The number of carbonyl (C=O) groups is 2. The van der Waals surface area contributed by atoms with E-state index in [2.05, 4.69) is 5.32 Å². The Labute approximate surface area is 158 Å². The molecule has 4 nitrogen and oxygen atoms in total. The molecule has 2 aromatic rings. The number of carbonyl (C=O) groups excluding carboxylic acids is 2. The van der Waals surface area contributed by atoms with Crippen molar-refractivity contribution in [1.29, 1.82) is 0 Å². The SMILES string of the molecule is O=C(Nc1ccc(Cl)cc1)[C@@H]1CCCN1C(=O)c1ccc(C(F)(F)F)cc1. The Morgan fingerprint density at radius 2 is 1.67 bits per heavy atom. The van der Waals surface area contributed by atoms with Crippen LogP contribution in [0.25, 0.3) is 0 Å². The summed E-state index contributed by atoms with van der Waals surface area (Å²) in [6.07, 6.45) is -3.33. The van der Waals surface area contributed by atoms with Crippen molar-refractivity contribution < 1.29 is 22.8 Å². The average Bonchev–Trinajstić information content (AvgIpc) is 3.12. The molecule has 1 N–H and O–H groups in total. The first-order valence-electron chi connectivity index (χ1n) is 8.30. The van der Waals surface area contributed by atoms with Gasteiger partial charge in [-0.15, -0.1) is 0 Å². The first-order chi connectivity index (χ1) is 12.8. The summed E-state index contributed by atoms with van der Waals surface area (Å²) in [4.78, 5) is 26.6. The van der Waals surface area contributed by atoms with Gasteiger partial charge in [0.1, 0.15) is 6.04 Å². The predicted molar refractivity (Wildman–Crippen MR) is 95.6 cm³/mol. The zero-order chi connectivity index (χ0) is 19.6. The monoisotopic (exact) mass is 396 g/mol. The van der Waals surface area contributed by atoms with E-state index in [1.54, 1.807) is 24.3 Å². The molecule has 1 aliphatic heterocycles. The number of rotatable bonds is 3. The minimum Gasteiger partial charge on any atom is -0.327 e. The summed E-state index contributed by atoms with van der Waals surface area (Å²) in [5.74, 6) is -0.799. The lowest BCUT2D eigenvalue weighted by molar-refractivity contribution is -0.137. The lowest BCUT2D eigenvalue weighted by Crippen LogP contribution is -2.43. The van der Waals surface area contributed by atoms with Crippen LogP contribution in [0, 0.1) is 0 Å². The van der Waals surface area contributed by atoms with Crippen LogP contribution in [0.5, 0.6) is 0 Å². The molecule has 0 saturated carbocycles. The van der Waals surface area contributed by atoms with Gasteiger partial charge >= 0.3 is 6.18 Å². The standard InChI is InChI=1S/C19H16ClF3N2O2/c20-14-7-9-15(10-8-14)24-17(26)16-2-1-11-25(16)18(27)12-3-5-13(6-4-12)19(21,22)23/h3-10,16H,1-2,11H2,(H,24,26)/t16-/m0/s1.